The van der Waals surface area contributed by atoms with Gasteiger partial charge in [0.1, 0.15) is 0 Å². The van der Waals surface area contributed by atoms with E-state index in [4.69, 9.17) is 8.85 Å². The fourth-order valence-electron chi connectivity index (χ4n) is 1.62. The number of rotatable bonds is 5. The van der Waals surface area contributed by atoms with Gasteiger partial charge in [0.25, 0.3) is 0 Å². The SMILES string of the molecule is [Br-].[CH2-][Si](OC(C)C)(OC(C)C)c1ccccc1.[Mg+2]. The molecule has 0 atom stereocenters. The zero-order valence-corrected chi connectivity index (χ0v) is 15.7. The number of hydrogen-bond donors (Lipinski definition) is 0. The van der Waals surface area contributed by atoms with Gasteiger partial charge in [-0.2, -0.15) is 0 Å². The topological polar surface area (TPSA) is 18.5 Å². The van der Waals surface area contributed by atoms with Crippen molar-refractivity contribution in [2.75, 3.05) is 0 Å². The van der Waals surface area contributed by atoms with E-state index in [0.717, 1.165) is 5.19 Å². The quantitative estimate of drug-likeness (QED) is 0.515. The van der Waals surface area contributed by atoms with Crippen molar-refractivity contribution in [2.45, 2.75) is 39.9 Å². The Labute approximate surface area is 139 Å². The zero-order valence-electron chi connectivity index (χ0n) is 11.7. The van der Waals surface area contributed by atoms with Crippen LogP contribution in [-0.4, -0.2) is 43.8 Å². The van der Waals surface area contributed by atoms with Gasteiger partial charge in [-0.25, -0.2) is 0 Å². The molecule has 18 heavy (non-hydrogen) atoms. The van der Waals surface area contributed by atoms with Crippen LogP contribution < -0.4 is 22.2 Å². The standard InChI is InChI=1S/C13H21O2Si.BrH.Mg/c1-11(2)14-16(5,15-12(3)4)13-9-7-6-8-10-13;;/h6-12H,5H2,1-4H3;1H;/q-1;;+2/p-1. The minimum atomic E-state index is -2.50. The summed E-state index contributed by atoms with van der Waals surface area (Å²) in [6.45, 7) is 12.3. The maximum Gasteiger partial charge on any atom is 2.00 e. The summed E-state index contributed by atoms with van der Waals surface area (Å²) in [5.74, 6) is 0. The molecule has 0 heterocycles. The van der Waals surface area contributed by atoms with Gasteiger partial charge in [0.15, 0.2) is 0 Å². The summed E-state index contributed by atoms with van der Waals surface area (Å²) in [6, 6.07) is 10.0. The molecule has 98 valence electrons. The van der Waals surface area contributed by atoms with E-state index in [0.29, 0.717) is 0 Å². The van der Waals surface area contributed by atoms with Gasteiger partial charge in [-0.15, -0.1) is 0 Å². The van der Waals surface area contributed by atoms with Gasteiger partial charge in [0.2, 0.25) is 8.56 Å². The molecule has 0 fully saturated rings. The minimum absolute atomic E-state index is 0. The van der Waals surface area contributed by atoms with Crippen molar-refractivity contribution in [2.24, 2.45) is 0 Å². The maximum atomic E-state index is 5.94. The second kappa shape index (κ2) is 9.50. The van der Waals surface area contributed by atoms with E-state index in [1.807, 2.05) is 58.0 Å². The molecule has 0 aliphatic carbocycles. The number of hydrogen-bond acceptors (Lipinski definition) is 2. The number of halogens is 1. The Bertz CT molecular complexity index is 310. The van der Waals surface area contributed by atoms with Crippen LogP contribution in [0.5, 0.6) is 0 Å². The molecule has 0 aromatic heterocycles. The van der Waals surface area contributed by atoms with Crippen LogP contribution in [0.4, 0.5) is 0 Å². The van der Waals surface area contributed by atoms with Crippen molar-refractivity contribution >= 4 is 36.8 Å². The molecule has 0 spiro atoms. The van der Waals surface area contributed by atoms with Crippen LogP contribution in [-0.2, 0) is 8.85 Å². The van der Waals surface area contributed by atoms with E-state index < -0.39 is 8.56 Å². The first-order valence-corrected chi connectivity index (χ1v) is 7.73. The van der Waals surface area contributed by atoms with Crippen LogP contribution in [0.3, 0.4) is 0 Å². The molecule has 1 aromatic carbocycles. The van der Waals surface area contributed by atoms with Crippen LogP contribution in [0.25, 0.3) is 0 Å². The van der Waals surface area contributed by atoms with E-state index in [-0.39, 0.29) is 52.2 Å². The Morgan fingerprint density at radius 2 is 1.33 bits per heavy atom. The second-order valence-electron chi connectivity index (χ2n) is 4.45. The van der Waals surface area contributed by atoms with Crippen molar-refractivity contribution in [3.8, 4) is 0 Å². The van der Waals surface area contributed by atoms with E-state index in [1.54, 1.807) is 0 Å². The van der Waals surface area contributed by atoms with Gasteiger partial charge < -0.3 is 25.8 Å². The second-order valence-corrected chi connectivity index (χ2v) is 7.01. The van der Waals surface area contributed by atoms with E-state index >= 15 is 0 Å². The third kappa shape index (κ3) is 6.68. The summed E-state index contributed by atoms with van der Waals surface area (Å²) in [5.41, 5.74) is 0. The van der Waals surface area contributed by atoms with Crippen LogP contribution in [0, 0.1) is 6.55 Å². The summed E-state index contributed by atoms with van der Waals surface area (Å²) in [4.78, 5) is 0. The molecule has 0 aliphatic heterocycles. The first-order chi connectivity index (χ1) is 7.44. The molecule has 0 bridgehead atoms. The van der Waals surface area contributed by atoms with Crippen molar-refractivity contribution < 1.29 is 25.8 Å². The Balaban J connectivity index is 0. The summed E-state index contributed by atoms with van der Waals surface area (Å²) >= 11 is 0. The normalized spacial score (nSPS) is 11.1. The molecule has 0 saturated heterocycles. The molecule has 0 saturated carbocycles. The third-order valence-corrected chi connectivity index (χ3v) is 4.98. The average Bonchev–Trinajstić information content (AvgIpc) is 2.16. The summed E-state index contributed by atoms with van der Waals surface area (Å²) in [6.07, 6.45) is 0.256. The van der Waals surface area contributed by atoms with Gasteiger partial charge in [0.05, 0.1) is 0 Å². The van der Waals surface area contributed by atoms with Crippen LogP contribution in [0.1, 0.15) is 27.7 Å². The molecule has 1 rings (SSSR count). The van der Waals surface area contributed by atoms with Gasteiger partial charge >= 0.3 is 23.1 Å². The van der Waals surface area contributed by atoms with Crippen molar-refractivity contribution in [3.63, 3.8) is 0 Å². The van der Waals surface area contributed by atoms with Crippen molar-refractivity contribution in [3.05, 3.63) is 36.9 Å². The Morgan fingerprint density at radius 3 is 1.67 bits per heavy atom. The largest absolute Gasteiger partial charge is 2.00 e. The Kier molecular flexibility index (Phi) is 11.0. The Morgan fingerprint density at radius 1 is 0.944 bits per heavy atom. The van der Waals surface area contributed by atoms with Crippen LogP contribution in [0.2, 0.25) is 0 Å². The van der Waals surface area contributed by atoms with Crippen LogP contribution >= 0.6 is 0 Å². The molecular weight excluding hydrogens is 320 g/mol. The monoisotopic (exact) mass is 340 g/mol. The average molecular weight is 342 g/mol. The minimum Gasteiger partial charge on any atom is -1.00 e. The first kappa shape index (κ1) is 20.9. The molecule has 2 nitrogen and oxygen atoms in total. The third-order valence-electron chi connectivity index (χ3n) is 2.07. The fraction of sp³-hybridized carbons (Fsp3) is 0.462. The Hall–Kier alpha value is 0.603. The van der Waals surface area contributed by atoms with Gasteiger partial charge in [-0.05, 0) is 32.9 Å². The van der Waals surface area contributed by atoms with Crippen molar-refractivity contribution in [1.82, 2.24) is 0 Å². The summed E-state index contributed by atoms with van der Waals surface area (Å²) in [5, 5.41) is 1.08. The van der Waals surface area contributed by atoms with Gasteiger partial charge in [0, 0.05) is 12.2 Å². The summed E-state index contributed by atoms with van der Waals surface area (Å²) < 4.78 is 11.9. The maximum absolute atomic E-state index is 5.94. The van der Waals surface area contributed by atoms with E-state index in [2.05, 4.69) is 6.55 Å². The van der Waals surface area contributed by atoms with E-state index in [9.17, 15) is 0 Å². The van der Waals surface area contributed by atoms with Gasteiger partial charge in [-0.1, -0.05) is 30.3 Å². The smallest absolute Gasteiger partial charge is 1.00 e. The predicted molar refractivity (Wildman–Crippen MR) is 75.4 cm³/mol. The predicted octanol–water partition coefficient (Wildman–Crippen LogP) is -0.818. The molecule has 0 aliphatic rings. The molecule has 0 unspecified atom stereocenters. The first-order valence-electron chi connectivity index (χ1n) is 5.70. The molecular formula is C13H21BrMgO2Si. The van der Waals surface area contributed by atoms with Crippen LogP contribution in [0.15, 0.2) is 30.3 Å². The fourth-order valence-corrected chi connectivity index (χ4v) is 4.17. The van der Waals surface area contributed by atoms with E-state index in [1.165, 1.54) is 0 Å². The van der Waals surface area contributed by atoms with Gasteiger partial charge in [-0.3, -0.25) is 6.55 Å². The molecule has 0 amide bonds. The molecule has 1 aromatic rings. The number of benzene rings is 1. The molecule has 0 radical (unpaired) electrons. The molecule has 0 N–H and O–H groups in total. The van der Waals surface area contributed by atoms with Crippen molar-refractivity contribution in [1.29, 1.82) is 0 Å². The summed E-state index contributed by atoms with van der Waals surface area (Å²) in [7, 11) is -2.50. The molecule has 5 heteroatoms. The zero-order chi connectivity index (χ0) is 12.2.